The third-order valence-electron chi connectivity index (χ3n) is 3.65. The van der Waals surface area contributed by atoms with Crippen LogP contribution in [0.15, 0.2) is 73.3 Å². The van der Waals surface area contributed by atoms with Crippen LogP contribution in [0.25, 0.3) is 22.4 Å². The Hall–Kier alpha value is -3.01. The Bertz CT molecular complexity index is 898. The van der Waals surface area contributed by atoms with Crippen molar-refractivity contribution in [3.63, 3.8) is 0 Å². The van der Waals surface area contributed by atoms with Crippen molar-refractivity contribution in [1.29, 1.82) is 0 Å². The van der Waals surface area contributed by atoms with E-state index in [9.17, 15) is 0 Å². The van der Waals surface area contributed by atoms with Crippen LogP contribution in [0.1, 0.15) is 5.56 Å². The van der Waals surface area contributed by atoms with Gasteiger partial charge in [-0.1, -0.05) is 60.7 Å². The quantitative estimate of drug-likeness (QED) is 0.578. The summed E-state index contributed by atoms with van der Waals surface area (Å²) in [4.78, 5) is 13.2. The molecular weight excluding hydrogens is 272 g/mol. The smallest absolute Gasteiger partial charge is 0.181 e. The average Bonchev–Trinajstić information content (AvgIpc) is 3.00. The fraction of sp³-hybridized carbons (Fsp3) is 0.0556. The van der Waals surface area contributed by atoms with E-state index in [4.69, 9.17) is 0 Å². The molecule has 4 rings (SSSR count). The second-order valence-electron chi connectivity index (χ2n) is 5.12. The van der Waals surface area contributed by atoms with Gasteiger partial charge in [-0.3, -0.25) is 0 Å². The number of nitrogens with zero attached hydrogens (tertiary/aromatic N) is 4. The van der Waals surface area contributed by atoms with Gasteiger partial charge in [-0.05, 0) is 5.56 Å². The van der Waals surface area contributed by atoms with Crippen LogP contribution in [0.2, 0.25) is 0 Å². The fourth-order valence-corrected chi connectivity index (χ4v) is 2.62. The van der Waals surface area contributed by atoms with E-state index in [2.05, 4.69) is 43.8 Å². The van der Waals surface area contributed by atoms with Crippen LogP contribution in [0, 0.1) is 0 Å². The highest BCUT2D eigenvalue weighted by atomic mass is 15.1. The molecule has 4 nitrogen and oxygen atoms in total. The molecule has 22 heavy (non-hydrogen) atoms. The zero-order valence-electron chi connectivity index (χ0n) is 11.9. The van der Waals surface area contributed by atoms with Gasteiger partial charge in [0.1, 0.15) is 11.8 Å². The highest BCUT2D eigenvalue weighted by Gasteiger charge is 2.12. The molecule has 106 valence electrons. The molecule has 0 saturated heterocycles. The zero-order valence-corrected chi connectivity index (χ0v) is 11.9. The molecule has 0 atom stereocenters. The third-order valence-corrected chi connectivity index (χ3v) is 3.65. The van der Waals surface area contributed by atoms with Crippen LogP contribution in [0.4, 0.5) is 0 Å². The molecule has 0 radical (unpaired) electrons. The number of hydrogen-bond donors (Lipinski definition) is 0. The lowest BCUT2D eigenvalue weighted by atomic mass is 10.1. The number of hydrogen-bond acceptors (Lipinski definition) is 3. The maximum Gasteiger partial charge on any atom is 0.181 e. The number of rotatable bonds is 3. The first-order valence-corrected chi connectivity index (χ1v) is 7.17. The topological polar surface area (TPSA) is 43.6 Å². The minimum atomic E-state index is 0.727. The fourth-order valence-electron chi connectivity index (χ4n) is 2.62. The molecule has 0 aliphatic carbocycles. The lowest BCUT2D eigenvalue weighted by Gasteiger charge is -2.08. The minimum absolute atomic E-state index is 0.727. The summed E-state index contributed by atoms with van der Waals surface area (Å²) in [6, 6.07) is 20.5. The standard InChI is InChI=1S/C18H14N4/c1-3-7-14(8-4-1)11-22-13-21-18-17(22)16(19-12-20-18)15-9-5-2-6-10-15/h1-10,12-13H,11H2. The van der Waals surface area contributed by atoms with Crippen molar-refractivity contribution < 1.29 is 0 Å². The van der Waals surface area contributed by atoms with Crippen LogP contribution in [-0.4, -0.2) is 19.5 Å². The average molecular weight is 286 g/mol. The van der Waals surface area contributed by atoms with E-state index in [0.717, 1.165) is 29.0 Å². The highest BCUT2D eigenvalue weighted by Crippen LogP contribution is 2.25. The molecule has 2 aromatic carbocycles. The summed E-state index contributed by atoms with van der Waals surface area (Å²) in [7, 11) is 0. The Morgan fingerprint density at radius 2 is 1.50 bits per heavy atom. The van der Waals surface area contributed by atoms with E-state index >= 15 is 0 Å². The molecule has 2 heterocycles. The van der Waals surface area contributed by atoms with Crippen molar-refractivity contribution in [2.75, 3.05) is 0 Å². The van der Waals surface area contributed by atoms with Crippen LogP contribution in [0.5, 0.6) is 0 Å². The van der Waals surface area contributed by atoms with E-state index in [-0.39, 0.29) is 0 Å². The molecule has 2 aromatic heterocycles. The summed E-state index contributed by atoms with van der Waals surface area (Å²) in [5.74, 6) is 0. The first-order valence-electron chi connectivity index (χ1n) is 7.17. The molecular formula is C18H14N4. The molecule has 0 aliphatic rings. The first-order chi connectivity index (χ1) is 10.9. The molecule has 0 fully saturated rings. The second kappa shape index (κ2) is 5.41. The van der Waals surface area contributed by atoms with Gasteiger partial charge in [-0.2, -0.15) is 0 Å². The van der Waals surface area contributed by atoms with Gasteiger partial charge in [0.25, 0.3) is 0 Å². The second-order valence-corrected chi connectivity index (χ2v) is 5.12. The SMILES string of the molecule is c1ccc(Cn2cnc3ncnc(-c4ccccc4)c32)cc1. The molecule has 4 heteroatoms. The van der Waals surface area contributed by atoms with Gasteiger partial charge >= 0.3 is 0 Å². The van der Waals surface area contributed by atoms with E-state index in [1.54, 1.807) is 6.33 Å². The van der Waals surface area contributed by atoms with Crippen LogP contribution >= 0.6 is 0 Å². The van der Waals surface area contributed by atoms with E-state index in [1.165, 1.54) is 5.56 Å². The molecule has 0 N–H and O–H groups in total. The van der Waals surface area contributed by atoms with Gasteiger partial charge in [0, 0.05) is 12.1 Å². The number of fused-ring (bicyclic) bond motifs is 1. The molecule has 0 spiro atoms. The lowest BCUT2D eigenvalue weighted by molar-refractivity contribution is 0.823. The van der Waals surface area contributed by atoms with Crippen LogP contribution in [0.3, 0.4) is 0 Å². The van der Waals surface area contributed by atoms with Gasteiger partial charge in [0.15, 0.2) is 5.65 Å². The first kappa shape index (κ1) is 12.7. The summed E-state index contributed by atoms with van der Waals surface area (Å²) in [5, 5.41) is 0. The Balaban J connectivity index is 1.87. The van der Waals surface area contributed by atoms with Crippen molar-refractivity contribution in [1.82, 2.24) is 19.5 Å². The Kier molecular flexibility index (Phi) is 3.12. The van der Waals surface area contributed by atoms with Gasteiger partial charge in [0.2, 0.25) is 0 Å². The van der Waals surface area contributed by atoms with Crippen molar-refractivity contribution >= 4 is 11.2 Å². The third kappa shape index (κ3) is 2.24. The van der Waals surface area contributed by atoms with E-state index in [0.29, 0.717) is 0 Å². The maximum absolute atomic E-state index is 4.48. The summed E-state index contributed by atoms with van der Waals surface area (Å²) < 4.78 is 2.10. The Morgan fingerprint density at radius 3 is 2.27 bits per heavy atom. The number of aromatic nitrogens is 4. The van der Waals surface area contributed by atoms with Gasteiger partial charge in [0.05, 0.1) is 12.0 Å². The van der Waals surface area contributed by atoms with Gasteiger partial charge in [-0.15, -0.1) is 0 Å². The minimum Gasteiger partial charge on any atom is -0.323 e. The molecule has 0 saturated carbocycles. The molecule has 0 unspecified atom stereocenters. The predicted octanol–water partition coefficient (Wildman–Crippen LogP) is 3.54. The summed E-state index contributed by atoms with van der Waals surface area (Å²) in [6.45, 7) is 0.755. The monoisotopic (exact) mass is 286 g/mol. The normalized spacial score (nSPS) is 10.9. The largest absolute Gasteiger partial charge is 0.323 e. The highest BCUT2D eigenvalue weighted by molar-refractivity contribution is 5.87. The van der Waals surface area contributed by atoms with Crippen LogP contribution in [-0.2, 0) is 6.54 Å². The predicted molar refractivity (Wildman–Crippen MR) is 86.3 cm³/mol. The van der Waals surface area contributed by atoms with Gasteiger partial charge < -0.3 is 4.57 Å². The molecule has 0 amide bonds. The molecule has 0 bridgehead atoms. The van der Waals surface area contributed by atoms with Gasteiger partial charge in [-0.25, -0.2) is 15.0 Å². The maximum atomic E-state index is 4.48. The summed E-state index contributed by atoms with van der Waals surface area (Å²) in [6.07, 6.45) is 3.41. The van der Waals surface area contributed by atoms with E-state index in [1.807, 2.05) is 42.7 Å². The van der Waals surface area contributed by atoms with Crippen molar-refractivity contribution in [3.8, 4) is 11.3 Å². The van der Waals surface area contributed by atoms with Crippen LogP contribution < -0.4 is 0 Å². The Morgan fingerprint density at radius 1 is 0.773 bits per heavy atom. The Labute approximate surface area is 128 Å². The van der Waals surface area contributed by atoms with E-state index < -0.39 is 0 Å². The molecule has 4 aromatic rings. The molecule has 0 aliphatic heterocycles. The summed E-state index contributed by atoms with van der Waals surface area (Å²) in [5.41, 5.74) is 4.91. The van der Waals surface area contributed by atoms with Crippen molar-refractivity contribution in [3.05, 3.63) is 78.9 Å². The lowest BCUT2D eigenvalue weighted by Crippen LogP contribution is -2.00. The van der Waals surface area contributed by atoms with Crippen molar-refractivity contribution in [2.24, 2.45) is 0 Å². The number of imidazole rings is 1. The summed E-state index contributed by atoms with van der Waals surface area (Å²) >= 11 is 0. The number of benzene rings is 2. The zero-order chi connectivity index (χ0) is 14.8. The van der Waals surface area contributed by atoms with Crippen molar-refractivity contribution in [2.45, 2.75) is 6.54 Å².